The molecule has 0 saturated heterocycles. The van der Waals surface area contributed by atoms with Crippen LogP contribution in [0.2, 0.25) is 0 Å². The summed E-state index contributed by atoms with van der Waals surface area (Å²) in [7, 11) is 1.24. The summed E-state index contributed by atoms with van der Waals surface area (Å²) in [6.45, 7) is 1.54. The maximum absolute atomic E-state index is 11.4. The Balaban J connectivity index is 2.38. The highest BCUT2D eigenvalue weighted by molar-refractivity contribution is 5.95. The van der Waals surface area contributed by atoms with E-state index in [2.05, 4.69) is 15.4 Å². The van der Waals surface area contributed by atoms with Gasteiger partial charge >= 0.3 is 5.97 Å². The number of carbonyl (C=O) groups is 2. The number of nitro groups is 1. The summed E-state index contributed by atoms with van der Waals surface area (Å²) in [6.07, 6.45) is 0.754. The van der Waals surface area contributed by atoms with Crippen molar-refractivity contribution in [1.29, 1.82) is 0 Å². The number of aryl methyl sites for hydroxylation is 1. The second-order valence-electron chi connectivity index (χ2n) is 4.72. The second kappa shape index (κ2) is 5.78. The molecule has 8 nitrogen and oxygen atoms in total. The molecule has 2 N–H and O–H groups in total. The zero-order valence-electron chi connectivity index (χ0n) is 11.6. The third-order valence-corrected chi connectivity index (χ3v) is 3.24. The molecule has 1 unspecified atom stereocenters. The standard InChI is InChI=1S/C13H15N3O5/c1-7(13(18)21-2)14-10-6-9-8(3-4-12(17)15-9)5-11(10)16(19)20/h5-7,14H,3-4H2,1-2H3,(H,15,17). The Kier molecular flexibility index (Phi) is 4.06. The Hall–Kier alpha value is -2.64. The topological polar surface area (TPSA) is 111 Å². The number of esters is 1. The van der Waals surface area contributed by atoms with Crippen LogP contribution in [-0.4, -0.2) is 30.0 Å². The van der Waals surface area contributed by atoms with E-state index in [-0.39, 0.29) is 17.3 Å². The van der Waals surface area contributed by atoms with E-state index in [0.29, 0.717) is 24.1 Å². The van der Waals surface area contributed by atoms with Crippen molar-refractivity contribution in [2.45, 2.75) is 25.8 Å². The number of amides is 1. The third-order valence-electron chi connectivity index (χ3n) is 3.24. The number of ether oxygens (including phenoxy) is 1. The molecule has 1 heterocycles. The first kappa shape index (κ1) is 14.8. The third kappa shape index (κ3) is 3.10. The van der Waals surface area contributed by atoms with Gasteiger partial charge in [-0.05, 0) is 25.0 Å². The summed E-state index contributed by atoms with van der Waals surface area (Å²) in [5, 5.41) is 16.6. The van der Waals surface area contributed by atoms with Crippen molar-refractivity contribution in [2.24, 2.45) is 0 Å². The molecule has 112 valence electrons. The van der Waals surface area contributed by atoms with Crippen LogP contribution in [0.25, 0.3) is 0 Å². The molecule has 0 saturated carbocycles. The van der Waals surface area contributed by atoms with Gasteiger partial charge in [-0.1, -0.05) is 0 Å². The van der Waals surface area contributed by atoms with Crippen LogP contribution >= 0.6 is 0 Å². The van der Waals surface area contributed by atoms with E-state index >= 15 is 0 Å². The lowest BCUT2D eigenvalue weighted by atomic mass is 10.0. The van der Waals surface area contributed by atoms with Gasteiger partial charge in [0, 0.05) is 18.2 Å². The minimum Gasteiger partial charge on any atom is -0.467 e. The normalized spacial score (nSPS) is 14.7. The maximum atomic E-state index is 11.4. The number of nitro benzene ring substituents is 1. The van der Waals surface area contributed by atoms with Crippen LogP contribution in [0.15, 0.2) is 12.1 Å². The number of anilines is 2. The van der Waals surface area contributed by atoms with E-state index in [9.17, 15) is 19.7 Å². The molecular formula is C13H15N3O5. The van der Waals surface area contributed by atoms with E-state index in [4.69, 9.17) is 0 Å². The minimum absolute atomic E-state index is 0.136. The number of carbonyl (C=O) groups excluding carboxylic acids is 2. The van der Waals surface area contributed by atoms with Crippen molar-refractivity contribution in [2.75, 3.05) is 17.7 Å². The summed E-state index contributed by atoms with van der Waals surface area (Å²) in [4.78, 5) is 33.4. The molecule has 0 aliphatic carbocycles. The highest BCUT2D eigenvalue weighted by Crippen LogP contribution is 2.34. The van der Waals surface area contributed by atoms with Gasteiger partial charge < -0.3 is 15.4 Å². The van der Waals surface area contributed by atoms with E-state index < -0.39 is 16.9 Å². The Bertz CT molecular complexity index is 614. The largest absolute Gasteiger partial charge is 0.467 e. The van der Waals surface area contributed by atoms with Crippen LogP contribution in [0.3, 0.4) is 0 Å². The number of nitrogens with one attached hydrogen (secondary N) is 2. The van der Waals surface area contributed by atoms with Crippen LogP contribution in [0.1, 0.15) is 18.9 Å². The Morgan fingerprint density at radius 1 is 1.48 bits per heavy atom. The smallest absolute Gasteiger partial charge is 0.327 e. The Morgan fingerprint density at radius 2 is 2.19 bits per heavy atom. The molecule has 1 aromatic rings. The predicted molar refractivity (Wildman–Crippen MR) is 75.1 cm³/mol. The number of rotatable bonds is 4. The minimum atomic E-state index is -0.744. The van der Waals surface area contributed by atoms with Crippen molar-refractivity contribution < 1.29 is 19.2 Å². The van der Waals surface area contributed by atoms with Crippen LogP contribution < -0.4 is 10.6 Å². The molecule has 8 heteroatoms. The molecule has 1 aliphatic heterocycles. The summed E-state index contributed by atoms with van der Waals surface area (Å²) in [6, 6.07) is 2.15. The average molecular weight is 293 g/mol. The van der Waals surface area contributed by atoms with Crippen molar-refractivity contribution >= 4 is 28.9 Å². The first-order valence-corrected chi connectivity index (χ1v) is 6.38. The first-order valence-electron chi connectivity index (χ1n) is 6.38. The summed E-state index contributed by atoms with van der Waals surface area (Å²) >= 11 is 0. The van der Waals surface area contributed by atoms with Gasteiger partial charge in [-0.25, -0.2) is 4.79 Å². The monoisotopic (exact) mass is 293 g/mol. The van der Waals surface area contributed by atoms with Crippen LogP contribution in [-0.2, 0) is 20.7 Å². The van der Waals surface area contributed by atoms with E-state index in [1.807, 2.05) is 0 Å². The van der Waals surface area contributed by atoms with Crippen LogP contribution in [0, 0.1) is 10.1 Å². The lowest BCUT2D eigenvalue weighted by molar-refractivity contribution is -0.384. The molecule has 2 rings (SSSR count). The molecule has 1 atom stereocenters. The molecule has 0 bridgehead atoms. The molecule has 1 amide bonds. The van der Waals surface area contributed by atoms with Crippen molar-refractivity contribution in [3.63, 3.8) is 0 Å². The number of fused-ring (bicyclic) bond motifs is 1. The quantitative estimate of drug-likeness (QED) is 0.494. The first-order chi connectivity index (χ1) is 9.92. The van der Waals surface area contributed by atoms with Gasteiger partial charge in [0.2, 0.25) is 5.91 Å². The number of methoxy groups -OCH3 is 1. The molecular weight excluding hydrogens is 278 g/mol. The molecule has 0 fully saturated rings. The summed E-state index contributed by atoms with van der Waals surface area (Å²) < 4.78 is 4.57. The summed E-state index contributed by atoms with van der Waals surface area (Å²) in [5.41, 5.74) is 1.26. The molecule has 0 spiro atoms. The van der Waals surface area contributed by atoms with Gasteiger partial charge in [-0.2, -0.15) is 0 Å². The van der Waals surface area contributed by atoms with Crippen molar-refractivity contribution in [3.05, 3.63) is 27.8 Å². The highest BCUT2D eigenvalue weighted by Gasteiger charge is 2.24. The van der Waals surface area contributed by atoms with Crippen molar-refractivity contribution in [1.82, 2.24) is 0 Å². The van der Waals surface area contributed by atoms with Gasteiger partial charge in [0.1, 0.15) is 11.7 Å². The fourth-order valence-corrected chi connectivity index (χ4v) is 2.15. The van der Waals surface area contributed by atoms with Gasteiger partial charge in [-0.15, -0.1) is 0 Å². The summed E-state index contributed by atoms with van der Waals surface area (Å²) in [5.74, 6) is -0.672. The second-order valence-corrected chi connectivity index (χ2v) is 4.72. The van der Waals surface area contributed by atoms with E-state index in [0.717, 1.165) is 0 Å². The number of hydrogen-bond acceptors (Lipinski definition) is 6. The SMILES string of the molecule is COC(=O)C(C)Nc1cc2c(cc1[N+](=O)[O-])CCC(=O)N2. The molecule has 1 aromatic carbocycles. The number of nitrogens with zero attached hydrogens (tertiary/aromatic N) is 1. The highest BCUT2D eigenvalue weighted by atomic mass is 16.6. The maximum Gasteiger partial charge on any atom is 0.327 e. The fraction of sp³-hybridized carbons (Fsp3) is 0.385. The van der Waals surface area contributed by atoms with Gasteiger partial charge in [-0.3, -0.25) is 14.9 Å². The molecule has 1 aliphatic rings. The van der Waals surface area contributed by atoms with E-state index in [1.165, 1.54) is 26.2 Å². The van der Waals surface area contributed by atoms with E-state index in [1.54, 1.807) is 0 Å². The van der Waals surface area contributed by atoms with Gasteiger partial charge in [0.15, 0.2) is 0 Å². The molecule has 21 heavy (non-hydrogen) atoms. The lowest BCUT2D eigenvalue weighted by Gasteiger charge is -2.19. The molecule has 0 aromatic heterocycles. The van der Waals surface area contributed by atoms with Crippen molar-refractivity contribution in [3.8, 4) is 0 Å². The zero-order valence-corrected chi connectivity index (χ0v) is 11.6. The van der Waals surface area contributed by atoms with Gasteiger partial charge in [0.05, 0.1) is 12.0 Å². The van der Waals surface area contributed by atoms with Gasteiger partial charge in [0.25, 0.3) is 5.69 Å². The Morgan fingerprint density at radius 3 is 2.81 bits per heavy atom. The molecule has 0 radical (unpaired) electrons. The lowest BCUT2D eigenvalue weighted by Crippen LogP contribution is -2.28. The van der Waals surface area contributed by atoms with Crippen LogP contribution in [0.4, 0.5) is 17.1 Å². The number of benzene rings is 1. The van der Waals surface area contributed by atoms with Crippen LogP contribution in [0.5, 0.6) is 0 Å². The zero-order chi connectivity index (χ0) is 15.6. The average Bonchev–Trinajstić information content (AvgIpc) is 2.45. The predicted octanol–water partition coefficient (Wildman–Crippen LogP) is 1.45. The number of hydrogen-bond donors (Lipinski definition) is 2. The Labute approximate surface area is 120 Å². The fourth-order valence-electron chi connectivity index (χ4n) is 2.15.